The Hall–Kier alpha value is -0.970. The summed E-state index contributed by atoms with van der Waals surface area (Å²) in [5.41, 5.74) is 9.42. The van der Waals surface area contributed by atoms with Crippen LogP contribution in [-0.4, -0.2) is 25.0 Å². The van der Waals surface area contributed by atoms with Crippen molar-refractivity contribution in [3.05, 3.63) is 23.8 Å². The Morgan fingerprint density at radius 2 is 1.85 bits per heavy atom. The van der Waals surface area contributed by atoms with Crippen LogP contribution in [-0.2, 0) is 11.2 Å². The van der Waals surface area contributed by atoms with Gasteiger partial charge in [-0.05, 0) is 43.0 Å². The van der Waals surface area contributed by atoms with E-state index >= 15 is 0 Å². The zero-order valence-electron chi connectivity index (χ0n) is 11.3. The van der Waals surface area contributed by atoms with Crippen molar-refractivity contribution in [2.75, 3.05) is 23.3 Å². The van der Waals surface area contributed by atoms with Gasteiger partial charge in [0, 0.05) is 36.9 Å². The van der Waals surface area contributed by atoms with E-state index in [9.17, 15) is 4.79 Å². The molecule has 3 rings (SSSR count). The Kier molecular flexibility index (Phi) is 6.11. The molecular formula is C14H21Cl2N3O. The lowest BCUT2D eigenvalue weighted by Crippen LogP contribution is -2.39. The van der Waals surface area contributed by atoms with Crippen molar-refractivity contribution in [3.63, 3.8) is 0 Å². The zero-order valence-corrected chi connectivity index (χ0v) is 12.9. The maximum Gasteiger partial charge on any atom is 0.224 e. The Bertz CT molecular complexity index is 473. The van der Waals surface area contributed by atoms with E-state index in [2.05, 4.69) is 22.3 Å². The highest BCUT2D eigenvalue weighted by molar-refractivity contribution is 5.94. The minimum absolute atomic E-state index is 0. The van der Waals surface area contributed by atoms with Crippen LogP contribution >= 0.6 is 24.8 Å². The van der Waals surface area contributed by atoms with E-state index in [-0.39, 0.29) is 30.7 Å². The summed E-state index contributed by atoms with van der Waals surface area (Å²) in [6.07, 6.45) is 3.57. The molecule has 2 heterocycles. The van der Waals surface area contributed by atoms with Gasteiger partial charge in [-0.3, -0.25) is 4.79 Å². The molecule has 0 spiro atoms. The number of nitrogens with zero attached hydrogens (tertiary/aromatic N) is 1. The first-order valence-corrected chi connectivity index (χ1v) is 6.66. The molecule has 2 aliphatic rings. The van der Waals surface area contributed by atoms with Crippen LogP contribution in [0.5, 0.6) is 0 Å². The van der Waals surface area contributed by atoms with Gasteiger partial charge >= 0.3 is 0 Å². The summed E-state index contributed by atoms with van der Waals surface area (Å²) in [5, 5.41) is 2.92. The Labute approximate surface area is 131 Å². The number of halogens is 2. The molecule has 1 aromatic rings. The van der Waals surface area contributed by atoms with E-state index in [1.54, 1.807) is 0 Å². The highest BCUT2D eigenvalue weighted by atomic mass is 35.5. The Balaban J connectivity index is 0.000001000. The van der Waals surface area contributed by atoms with Crippen molar-refractivity contribution < 1.29 is 4.79 Å². The van der Waals surface area contributed by atoms with Crippen molar-refractivity contribution in [1.29, 1.82) is 0 Å². The minimum atomic E-state index is 0. The molecular weight excluding hydrogens is 297 g/mol. The largest absolute Gasteiger partial charge is 0.371 e. The van der Waals surface area contributed by atoms with E-state index in [1.165, 1.54) is 11.3 Å². The fourth-order valence-electron chi connectivity index (χ4n) is 2.72. The van der Waals surface area contributed by atoms with Crippen molar-refractivity contribution >= 4 is 42.1 Å². The fourth-order valence-corrected chi connectivity index (χ4v) is 2.72. The van der Waals surface area contributed by atoms with Crippen molar-refractivity contribution in [1.82, 2.24) is 0 Å². The van der Waals surface area contributed by atoms with Crippen LogP contribution in [0.25, 0.3) is 0 Å². The Morgan fingerprint density at radius 3 is 2.55 bits per heavy atom. The van der Waals surface area contributed by atoms with Gasteiger partial charge in [0.15, 0.2) is 0 Å². The van der Waals surface area contributed by atoms with Gasteiger partial charge < -0.3 is 16.0 Å². The third-order valence-electron chi connectivity index (χ3n) is 3.89. The number of nitrogens with one attached hydrogen (secondary N) is 1. The number of piperidine rings is 1. The van der Waals surface area contributed by atoms with Gasteiger partial charge in [0.25, 0.3) is 0 Å². The minimum Gasteiger partial charge on any atom is -0.371 e. The third kappa shape index (κ3) is 3.57. The summed E-state index contributed by atoms with van der Waals surface area (Å²) in [6, 6.07) is 6.70. The normalized spacial score (nSPS) is 18.4. The number of anilines is 2. The maximum atomic E-state index is 11.3. The topological polar surface area (TPSA) is 58.4 Å². The Morgan fingerprint density at radius 1 is 1.15 bits per heavy atom. The molecule has 0 bridgehead atoms. The van der Waals surface area contributed by atoms with Gasteiger partial charge in [0.2, 0.25) is 5.91 Å². The molecule has 4 nitrogen and oxygen atoms in total. The first-order valence-electron chi connectivity index (χ1n) is 6.66. The van der Waals surface area contributed by atoms with Crippen LogP contribution in [0.2, 0.25) is 0 Å². The standard InChI is InChI=1S/C14H19N3O.2ClH/c15-11-5-7-17(8-6-11)12-2-3-13-10(9-12)1-4-14(18)16-13;;/h2-3,9,11H,1,4-8,15H2,(H,16,18);2*1H. The van der Waals surface area contributed by atoms with Crippen LogP contribution in [0, 0.1) is 0 Å². The first kappa shape index (κ1) is 17.1. The molecule has 6 heteroatoms. The number of fused-ring (bicyclic) bond motifs is 1. The van der Waals surface area contributed by atoms with Crippen molar-refractivity contribution in [2.24, 2.45) is 5.73 Å². The fraction of sp³-hybridized carbons (Fsp3) is 0.500. The highest BCUT2D eigenvalue weighted by Gasteiger charge is 2.19. The number of aryl methyl sites for hydroxylation is 1. The van der Waals surface area contributed by atoms with Gasteiger partial charge in [-0.25, -0.2) is 0 Å². The number of amides is 1. The lowest BCUT2D eigenvalue weighted by Gasteiger charge is -2.32. The van der Waals surface area contributed by atoms with E-state index in [0.717, 1.165) is 38.0 Å². The lowest BCUT2D eigenvalue weighted by molar-refractivity contribution is -0.116. The molecule has 0 unspecified atom stereocenters. The number of carbonyl (C=O) groups excluding carboxylic acids is 1. The molecule has 0 aromatic heterocycles. The van der Waals surface area contributed by atoms with E-state index in [1.807, 2.05) is 6.07 Å². The molecule has 1 aromatic carbocycles. The van der Waals surface area contributed by atoms with Crippen LogP contribution < -0.4 is 16.0 Å². The van der Waals surface area contributed by atoms with E-state index in [0.29, 0.717) is 12.5 Å². The predicted octanol–water partition coefficient (Wildman–Crippen LogP) is 2.34. The predicted molar refractivity (Wildman–Crippen MR) is 87.3 cm³/mol. The summed E-state index contributed by atoms with van der Waals surface area (Å²) in [6.45, 7) is 2.07. The number of benzene rings is 1. The van der Waals surface area contributed by atoms with Crippen LogP contribution in [0.1, 0.15) is 24.8 Å². The third-order valence-corrected chi connectivity index (χ3v) is 3.89. The number of rotatable bonds is 1. The van der Waals surface area contributed by atoms with E-state index < -0.39 is 0 Å². The number of carbonyl (C=O) groups is 1. The quantitative estimate of drug-likeness (QED) is 0.836. The van der Waals surface area contributed by atoms with Crippen molar-refractivity contribution in [2.45, 2.75) is 31.7 Å². The number of hydrogen-bond acceptors (Lipinski definition) is 3. The second-order valence-electron chi connectivity index (χ2n) is 5.21. The van der Waals surface area contributed by atoms with Gasteiger partial charge in [0.05, 0.1) is 0 Å². The summed E-state index contributed by atoms with van der Waals surface area (Å²) < 4.78 is 0. The molecule has 20 heavy (non-hydrogen) atoms. The summed E-state index contributed by atoms with van der Waals surface area (Å²) in [4.78, 5) is 13.7. The molecule has 2 aliphatic heterocycles. The molecule has 3 N–H and O–H groups in total. The highest BCUT2D eigenvalue weighted by Crippen LogP contribution is 2.28. The van der Waals surface area contributed by atoms with E-state index in [4.69, 9.17) is 5.73 Å². The van der Waals surface area contributed by atoms with Gasteiger partial charge in [-0.15, -0.1) is 24.8 Å². The number of nitrogens with two attached hydrogens (primary N) is 1. The lowest BCUT2D eigenvalue weighted by atomic mass is 10.0. The summed E-state index contributed by atoms with van der Waals surface area (Å²) in [7, 11) is 0. The molecule has 1 amide bonds. The first-order chi connectivity index (χ1) is 8.72. The summed E-state index contributed by atoms with van der Waals surface area (Å²) >= 11 is 0. The molecule has 0 atom stereocenters. The smallest absolute Gasteiger partial charge is 0.224 e. The van der Waals surface area contributed by atoms with Crippen LogP contribution in [0.4, 0.5) is 11.4 Å². The van der Waals surface area contributed by atoms with Crippen LogP contribution in [0.3, 0.4) is 0 Å². The molecule has 1 saturated heterocycles. The number of hydrogen-bond donors (Lipinski definition) is 2. The molecule has 1 fully saturated rings. The maximum absolute atomic E-state index is 11.3. The van der Waals surface area contributed by atoms with Gasteiger partial charge in [-0.1, -0.05) is 0 Å². The monoisotopic (exact) mass is 317 g/mol. The van der Waals surface area contributed by atoms with Gasteiger partial charge in [0.1, 0.15) is 0 Å². The molecule has 0 radical (unpaired) electrons. The van der Waals surface area contributed by atoms with Crippen molar-refractivity contribution in [3.8, 4) is 0 Å². The molecule has 112 valence electrons. The SMILES string of the molecule is Cl.Cl.NC1CCN(c2ccc3c(c2)CCC(=O)N3)CC1. The molecule has 0 aliphatic carbocycles. The second kappa shape index (κ2) is 7.16. The average Bonchev–Trinajstić information content (AvgIpc) is 2.39. The summed E-state index contributed by atoms with van der Waals surface area (Å²) in [5.74, 6) is 0.124. The zero-order chi connectivity index (χ0) is 12.5. The van der Waals surface area contributed by atoms with Gasteiger partial charge in [-0.2, -0.15) is 0 Å². The van der Waals surface area contributed by atoms with Crippen LogP contribution in [0.15, 0.2) is 18.2 Å². The molecule has 0 saturated carbocycles. The average molecular weight is 318 g/mol. The second-order valence-corrected chi connectivity index (χ2v) is 5.21.